The molecule has 0 bridgehead atoms. The molecule has 6 heteroatoms. The Bertz CT molecular complexity index is 838. The number of hydrogen-bond acceptors (Lipinski definition) is 5. The molecule has 0 amide bonds. The SMILES string of the molecule is Cc1nnc(-c2c3c(nn2C)C2(C)CCC(=O)C(C)(C)C2CC3)o1.[HH]. The van der Waals surface area contributed by atoms with Gasteiger partial charge in [-0.05, 0) is 25.2 Å². The third-order valence-corrected chi connectivity index (χ3v) is 6.33. The van der Waals surface area contributed by atoms with Gasteiger partial charge in [0, 0.05) is 38.2 Å². The van der Waals surface area contributed by atoms with Gasteiger partial charge in [-0.1, -0.05) is 20.8 Å². The van der Waals surface area contributed by atoms with Crippen LogP contribution in [0, 0.1) is 18.3 Å². The Hall–Kier alpha value is -1.98. The molecule has 6 nitrogen and oxygen atoms in total. The van der Waals surface area contributed by atoms with E-state index >= 15 is 0 Å². The molecule has 130 valence electrons. The van der Waals surface area contributed by atoms with E-state index in [0.717, 1.165) is 30.7 Å². The summed E-state index contributed by atoms with van der Waals surface area (Å²) in [6.07, 6.45) is 3.39. The molecular formula is C18H26N4O2. The molecule has 0 spiro atoms. The summed E-state index contributed by atoms with van der Waals surface area (Å²) in [6.45, 7) is 8.28. The smallest absolute Gasteiger partial charge is 0.266 e. The molecule has 24 heavy (non-hydrogen) atoms. The van der Waals surface area contributed by atoms with Gasteiger partial charge in [0.05, 0.1) is 5.69 Å². The number of rotatable bonds is 1. The molecule has 2 aromatic heterocycles. The van der Waals surface area contributed by atoms with Crippen LogP contribution >= 0.6 is 0 Å². The molecular weight excluding hydrogens is 304 g/mol. The number of ketones is 1. The highest BCUT2D eigenvalue weighted by atomic mass is 16.4. The zero-order valence-electron chi connectivity index (χ0n) is 15.0. The van der Waals surface area contributed by atoms with Crippen molar-refractivity contribution in [1.29, 1.82) is 0 Å². The van der Waals surface area contributed by atoms with Crippen molar-refractivity contribution in [2.75, 3.05) is 0 Å². The Morgan fingerprint density at radius 1 is 1.25 bits per heavy atom. The van der Waals surface area contributed by atoms with Crippen molar-refractivity contribution in [3.05, 3.63) is 17.1 Å². The highest BCUT2D eigenvalue weighted by Gasteiger charge is 2.55. The molecule has 4 rings (SSSR count). The minimum absolute atomic E-state index is 0. The molecule has 2 unspecified atom stereocenters. The lowest BCUT2D eigenvalue weighted by Gasteiger charge is -2.51. The number of aryl methyl sites for hydroxylation is 2. The van der Waals surface area contributed by atoms with Gasteiger partial charge in [-0.3, -0.25) is 9.48 Å². The van der Waals surface area contributed by atoms with Gasteiger partial charge in [0.25, 0.3) is 5.89 Å². The van der Waals surface area contributed by atoms with Crippen molar-refractivity contribution in [2.24, 2.45) is 18.4 Å². The van der Waals surface area contributed by atoms with Crippen molar-refractivity contribution in [3.8, 4) is 11.6 Å². The second-order valence-electron chi connectivity index (χ2n) is 8.08. The molecule has 2 aliphatic rings. The third kappa shape index (κ3) is 1.88. The van der Waals surface area contributed by atoms with Gasteiger partial charge in [0.2, 0.25) is 5.89 Å². The van der Waals surface area contributed by atoms with Crippen LogP contribution in [0.3, 0.4) is 0 Å². The minimum atomic E-state index is -0.288. The molecule has 1 fully saturated rings. The maximum absolute atomic E-state index is 12.5. The van der Waals surface area contributed by atoms with Crippen molar-refractivity contribution < 1.29 is 10.6 Å². The first-order valence-corrected chi connectivity index (χ1v) is 8.65. The van der Waals surface area contributed by atoms with Crippen molar-refractivity contribution >= 4 is 5.78 Å². The summed E-state index contributed by atoms with van der Waals surface area (Å²) in [4.78, 5) is 12.5. The molecule has 0 aromatic carbocycles. The molecule has 0 radical (unpaired) electrons. The fourth-order valence-corrected chi connectivity index (χ4v) is 5.04. The fourth-order valence-electron chi connectivity index (χ4n) is 5.04. The van der Waals surface area contributed by atoms with Gasteiger partial charge in [-0.2, -0.15) is 5.10 Å². The molecule has 2 atom stereocenters. The summed E-state index contributed by atoms with van der Waals surface area (Å²) < 4.78 is 7.53. The van der Waals surface area contributed by atoms with Gasteiger partial charge in [-0.15, -0.1) is 10.2 Å². The number of nitrogens with zero attached hydrogens (tertiary/aromatic N) is 4. The van der Waals surface area contributed by atoms with Gasteiger partial charge >= 0.3 is 0 Å². The predicted octanol–water partition coefficient (Wildman–Crippen LogP) is 3.23. The van der Waals surface area contributed by atoms with Crippen LogP contribution in [0.1, 0.15) is 58.6 Å². The Kier molecular flexibility index (Phi) is 3.09. The molecule has 0 aliphatic heterocycles. The Morgan fingerprint density at radius 2 is 2.00 bits per heavy atom. The monoisotopic (exact) mass is 330 g/mol. The van der Waals surface area contributed by atoms with E-state index in [1.807, 2.05) is 11.7 Å². The van der Waals surface area contributed by atoms with Crippen LogP contribution in [0.4, 0.5) is 0 Å². The number of carbonyl (C=O) groups excluding carboxylic acids is 1. The largest absolute Gasteiger partial charge is 0.420 e. The summed E-state index contributed by atoms with van der Waals surface area (Å²) in [5.41, 5.74) is 2.90. The Morgan fingerprint density at radius 3 is 2.67 bits per heavy atom. The number of hydrogen-bond donors (Lipinski definition) is 0. The molecule has 0 N–H and O–H groups in total. The van der Waals surface area contributed by atoms with E-state index in [-0.39, 0.29) is 12.3 Å². The van der Waals surface area contributed by atoms with Gasteiger partial charge in [-0.25, -0.2) is 0 Å². The minimum Gasteiger partial charge on any atom is -0.420 e. The van der Waals surface area contributed by atoms with E-state index in [9.17, 15) is 4.79 Å². The fraction of sp³-hybridized carbons (Fsp3) is 0.667. The highest BCUT2D eigenvalue weighted by Crippen LogP contribution is 2.56. The lowest BCUT2D eigenvalue weighted by Crippen LogP contribution is -2.52. The second kappa shape index (κ2) is 4.77. The molecule has 2 aromatic rings. The molecule has 1 saturated carbocycles. The summed E-state index contributed by atoms with van der Waals surface area (Å²) in [5, 5.41) is 13.0. The quantitative estimate of drug-likeness (QED) is 0.802. The summed E-state index contributed by atoms with van der Waals surface area (Å²) >= 11 is 0. The highest BCUT2D eigenvalue weighted by molar-refractivity contribution is 5.86. The Labute approximate surface area is 143 Å². The van der Waals surface area contributed by atoms with Crippen molar-refractivity contribution in [1.82, 2.24) is 20.0 Å². The Balaban J connectivity index is 0.00000182. The number of Topliss-reactive ketones (excluding diaryl/α,β-unsaturated/α-hetero) is 1. The van der Waals surface area contributed by atoms with E-state index in [1.165, 1.54) is 5.56 Å². The maximum atomic E-state index is 12.5. The third-order valence-electron chi connectivity index (χ3n) is 6.33. The van der Waals surface area contributed by atoms with Gasteiger partial charge in [0.15, 0.2) is 0 Å². The average molecular weight is 330 g/mol. The van der Waals surface area contributed by atoms with Crippen LogP contribution in [0.5, 0.6) is 0 Å². The summed E-state index contributed by atoms with van der Waals surface area (Å²) in [5.74, 6) is 1.81. The number of aromatic nitrogens is 4. The van der Waals surface area contributed by atoms with E-state index in [1.54, 1.807) is 6.92 Å². The molecule has 2 heterocycles. The zero-order valence-corrected chi connectivity index (χ0v) is 15.0. The summed E-state index contributed by atoms with van der Waals surface area (Å²) in [6, 6.07) is 0. The van der Waals surface area contributed by atoms with Gasteiger partial charge in [0.1, 0.15) is 11.5 Å². The molecule has 2 aliphatic carbocycles. The normalized spacial score (nSPS) is 28.5. The van der Waals surface area contributed by atoms with Crippen LogP contribution in [-0.4, -0.2) is 25.8 Å². The second-order valence-corrected chi connectivity index (χ2v) is 8.08. The van der Waals surface area contributed by atoms with Crippen LogP contribution in [0.2, 0.25) is 0 Å². The van der Waals surface area contributed by atoms with E-state index in [2.05, 4.69) is 31.0 Å². The van der Waals surface area contributed by atoms with Crippen molar-refractivity contribution in [3.63, 3.8) is 0 Å². The first kappa shape index (κ1) is 15.5. The molecule has 0 saturated heterocycles. The zero-order chi connectivity index (χ0) is 17.3. The van der Waals surface area contributed by atoms with Crippen LogP contribution in [0.25, 0.3) is 11.6 Å². The lowest BCUT2D eigenvalue weighted by molar-refractivity contribution is -0.137. The van der Waals surface area contributed by atoms with Crippen LogP contribution < -0.4 is 0 Å². The van der Waals surface area contributed by atoms with Crippen LogP contribution in [-0.2, 0) is 23.7 Å². The first-order valence-electron chi connectivity index (χ1n) is 8.65. The number of fused-ring (bicyclic) bond motifs is 3. The van der Waals surface area contributed by atoms with Crippen molar-refractivity contribution in [2.45, 2.75) is 58.8 Å². The van der Waals surface area contributed by atoms with E-state index in [0.29, 0.717) is 29.9 Å². The van der Waals surface area contributed by atoms with E-state index in [4.69, 9.17) is 9.52 Å². The average Bonchev–Trinajstić information content (AvgIpc) is 3.07. The topological polar surface area (TPSA) is 73.8 Å². The van der Waals surface area contributed by atoms with Gasteiger partial charge < -0.3 is 4.42 Å². The van der Waals surface area contributed by atoms with Crippen LogP contribution in [0.15, 0.2) is 4.42 Å². The lowest BCUT2D eigenvalue weighted by atomic mass is 9.51. The maximum Gasteiger partial charge on any atom is 0.266 e. The standard InChI is InChI=1S/C18H24N4O2.H2/c1-10-19-20-16(24-10)14-11-6-7-12-17(2,3)13(23)8-9-18(12,4)15(11)21-22(14)5;/h12H,6-9H2,1-5H3;1H. The number of carbonyl (C=O) groups is 1. The summed E-state index contributed by atoms with van der Waals surface area (Å²) in [7, 11) is 1.94. The predicted molar refractivity (Wildman–Crippen MR) is 90.5 cm³/mol. The van der Waals surface area contributed by atoms with E-state index < -0.39 is 0 Å². The first-order chi connectivity index (χ1) is 11.2.